The number of hydrogen-bond donors (Lipinski definition) is 0. The number of benzene rings is 2. The van der Waals surface area contributed by atoms with Gasteiger partial charge in [0.25, 0.3) is 0 Å². The monoisotopic (exact) mass is 366 g/mol. The van der Waals surface area contributed by atoms with E-state index in [1.165, 1.54) is 11.3 Å². The topological polar surface area (TPSA) is 24.9 Å². The fourth-order valence-electron chi connectivity index (χ4n) is 4.51. The Kier molecular flexibility index (Phi) is 5.65. The zero-order valence-electron chi connectivity index (χ0n) is 16.3. The smallest absolute Gasteiger partial charge is 0.119 e. The van der Waals surface area contributed by atoms with Gasteiger partial charge in [0.2, 0.25) is 0 Å². The predicted molar refractivity (Wildman–Crippen MR) is 110 cm³/mol. The number of nitrogens with zero attached hydrogens (tertiary/aromatic N) is 2. The predicted octanol–water partition coefficient (Wildman–Crippen LogP) is 3.91. The normalized spacial score (nSPS) is 23.8. The molecule has 1 unspecified atom stereocenters. The lowest BCUT2D eigenvalue weighted by Crippen LogP contribution is -2.57. The summed E-state index contributed by atoms with van der Waals surface area (Å²) in [6.45, 7) is 8.46. The maximum Gasteiger partial charge on any atom is 0.119 e. The fourth-order valence-corrected chi connectivity index (χ4v) is 4.51. The van der Waals surface area contributed by atoms with Crippen LogP contribution in [0.3, 0.4) is 0 Å². The molecule has 2 aromatic rings. The Balaban J connectivity index is 1.59. The molecule has 0 N–H and O–H groups in total. The van der Waals surface area contributed by atoms with Gasteiger partial charge in [-0.3, -0.25) is 4.90 Å². The third-order valence-electron chi connectivity index (χ3n) is 5.88. The molecule has 0 aliphatic carbocycles. The van der Waals surface area contributed by atoms with Crippen molar-refractivity contribution in [3.63, 3.8) is 0 Å². The Morgan fingerprint density at radius 1 is 0.926 bits per heavy atom. The zero-order chi connectivity index (χ0) is 18.5. The molecule has 144 valence electrons. The molecule has 0 radical (unpaired) electrons. The van der Waals surface area contributed by atoms with Crippen molar-refractivity contribution in [1.29, 1.82) is 0 Å². The zero-order valence-corrected chi connectivity index (χ0v) is 16.3. The van der Waals surface area contributed by atoms with E-state index in [0.29, 0.717) is 13.2 Å². The molecular formula is C23H30N2O2. The molecule has 0 amide bonds. The number of fused-ring (bicyclic) bond motifs is 2. The molecule has 2 aliphatic rings. The van der Waals surface area contributed by atoms with Crippen LogP contribution in [0.15, 0.2) is 54.6 Å². The van der Waals surface area contributed by atoms with E-state index in [1.54, 1.807) is 0 Å². The van der Waals surface area contributed by atoms with Gasteiger partial charge in [-0.05, 0) is 36.2 Å². The van der Waals surface area contributed by atoms with E-state index in [9.17, 15) is 0 Å². The van der Waals surface area contributed by atoms with E-state index < -0.39 is 0 Å². The van der Waals surface area contributed by atoms with Crippen molar-refractivity contribution >= 4 is 5.69 Å². The second kappa shape index (κ2) is 8.32. The molecule has 0 aromatic heterocycles. The Hall–Kier alpha value is -2.04. The Bertz CT molecular complexity index is 728. The first-order chi connectivity index (χ1) is 13.3. The Labute approximate surface area is 162 Å². The van der Waals surface area contributed by atoms with Crippen LogP contribution < -0.4 is 9.64 Å². The third-order valence-corrected chi connectivity index (χ3v) is 5.88. The fraction of sp³-hybridized carbons (Fsp3) is 0.478. The van der Waals surface area contributed by atoms with Crippen LogP contribution in [0.25, 0.3) is 0 Å². The van der Waals surface area contributed by atoms with Crippen LogP contribution in [-0.2, 0) is 10.3 Å². The van der Waals surface area contributed by atoms with Gasteiger partial charge in [-0.1, -0.05) is 43.7 Å². The average Bonchev–Trinajstić information content (AvgIpc) is 2.78. The molecule has 1 fully saturated rings. The minimum absolute atomic E-state index is 0.0682. The van der Waals surface area contributed by atoms with E-state index in [4.69, 9.17) is 9.47 Å². The summed E-state index contributed by atoms with van der Waals surface area (Å²) in [7, 11) is 0. The Morgan fingerprint density at radius 3 is 2.52 bits per heavy atom. The second-order valence-corrected chi connectivity index (χ2v) is 7.52. The Morgan fingerprint density at radius 2 is 1.74 bits per heavy atom. The van der Waals surface area contributed by atoms with Gasteiger partial charge in [0, 0.05) is 31.9 Å². The van der Waals surface area contributed by atoms with Crippen LogP contribution in [0.5, 0.6) is 5.75 Å². The summed E-state index contributed by atoms with van der Waals surface area (Å²) in [5, 5.41) is 0. The minimum Gasteiger partial charge on any atom is -0.491 e. The van der Waals surface area contributed by atoms with E-state index >= 15 is 0 Å². The molecule has 0 saturated carbocycles. The number of hydrogen-bond acceptors (Lipinski definition) is 4. The van der Waals surface area contributed by atoms with Crippen molar-refractivity contribution in [2.45, 2.75) is 25.3 Å². The standard InChI is InChI=1S/C23H30N2O2/c1-2-11-23(19-26-16-17-27-22-10-6-7-20(23)18-22)25-14-12-24(13-15-25)21-8-4-3-5-9-21/h3-10,18H,2,11-17,19H2,1H3. The molecule has 2 bridgehead atoms. The highest BCUT2D eigenvalue weighted by atomic mass is 16.5. The van der Waals surface area contributed by atoms with E-state index in [2.05, 4.69) is 71.3 Å². The maximum absolute atomic E-state index is 6.11. The summed E-state index contributed by atoms with van der Waals surface area (Å²) in [5.74, 6) is 0.960. The van der Waals surface area contributed by atoms with Crippen molar-refractivity contribution in [2.75, 3.05) is 50.9 Å². The quantitative estimate of drug-likeness (QED) is 0.819. The summed E-state index contributed by atoms with van der Waals surface area (Å²) < 4.78 is 12.0. The first-order valence-electron chi connectivity index (χ1n) is 10.2. The van der Waals surface area contributed by atoms with Gasteiger partial charge in [-0.2, -0.15) is 0 Å². The van der Waals surface area contributed by atoms with E-state index in [-0.39, 0.29) is 5.54 Å². The van der Waals surface area contributed by atoms with Crippen LogP contribution in [0.2, 0.25) is 0 Å². The van der Waals surface area contributed by atoms with Crippen LogP contribution >= 0.6 is 0 Å². The highest BCUT2D eigenvalue weighted by Crippen LogP contribution is 2.37. The largest absolute Gasteiger partial charge is 0.491 e. The molecule has 1 saturated heterocycles. The number of para-hydroxylation sites is 1. The second-order valence-electron chi connectivity index (χ2n) is 7.52. The van der Waals surface area contributed by atoms with Gasteiger partial charge in [0.15, 0.2) is 0 Å². The number of anilines is 1. The number of piperazine rings is 1. The summed E-state index contributed by atoms with van der Waals surface area (Å²) in [6, 6.07) is 19.4. The van der Waals surface area contributed by atoms with Crippen LogP contribution in [0, 0.1) is 0 Å². The molecule has 2 aliphatic heterocycles. The van der Waals surface area contributed by atoms with Crippen molar-refractivity contribution in [2.24, 2.45) is 0 Å². The van der Waals surface area contributed by atoms with Crippen molar-refractivity contribution < 1.29 is 9.47 Å². The highest BCUT2D eigenvalue weighted by Gasteiger charge is 2.40. The number of rotatable bonds is 4. The molecular weight excluding hydrogens is 336 g/mol. The maximum atomic E-state index is 6.11. The summed E-state index contributed by atoms with van der Waals surface area (Å²) in [4.78, 5) is 5.14. The third kappa shape index (κ3) is 3.83. The molecule has 2 heterocycles. The van der Waals surface area contributed by atoms with E-state index in [1.807, 2.05) is 0 Å². The van der Waals surface area contributed by atoms with Gasteiger partial charge in [-0.25, -0.2) is 0 Å². The summed E-state index contributed by atoms with van der Waals surface area (Å²) in [6.07, 6.45) is 2.23. The molecule has 4 nitrogen and oxygen atoms in total. The lowest BCUT2D eigenvalue weighted by Gasteiger charge is -2.48. The van der Waals surface area contributed by atoms with Crippen molar-refractivity contribution in [3.05, 3.63) is 60.2 Å². The van der Waals surface area contributed by atoms with Gasteiger partial charge in [0.1, 0.15) is 12.4 Å². The van der Waals surface area contributed by atoms with Gasteiger partial charge >= 0.3 is 0 Å². The molecule has 0 spiro atoms. The van der Waals surface area contributed by atoms with Crippen LogP contribution in [0.4, 0.5) is 5.69 Å². The molecule has 2 aromatic carbocycles. The van der Waals surface area contributed by atoms with Crippen LogP contribution in [0.1, 0.15) is 25.3 Å². The number of ether oxygens (including phenoxy) is 2. The first kappa shape index (κ1) is 18.3. The summed E-state index contributed by atoms with van der Waals surface area (Å²) >= 11 is 0. The van der Waals surface area contributed by atoms with Gasteiger partial charge < -0.3 is 14.4 Å². The molecule has 4 heteroatoms. The average molecular weight is 367 g/mol. The van der Waals surface area contributed by atoms with Crippen molar-refractivity contribution in [1.82, 2.24) is 4.90 Å². The molecule has 4 rings (SSSR count). The first-order valence-corrected chi connectivity index (χ1v) is 10.2. The molecule has 1 atom stereocenters. The van der Waals surface area contributed by atoms with Crippen LogP contribution in [-0.4, -0.2) is 50.9 Å². The van der Waals surface area contributed by atoms with E-state index in [0.717, 1.165) is 51.4 Å². The van der Waals surface area contributed by atoms with Gasteiger partial charge in [-0.15, -0.1) is 0 Å². The SMILES string of the molecule is CCCC1(N2CCN(c3ccccc3)CC2)COCCOc2cccc1c2. The minimum atomic E-state index is -0.0682. The lowest BCUT2D eigenvalue weighted by atomic mass is 9.83. The lowest BCUT2D eigenvalue weighted by molar-refractivity contribution is -0.0256. The molecule has 27 heavy (non-hydrogen) atoms. The highest BCUT2D eigenvalue weighted by molar-refractivity contribution is 5.46. The van der Waals surface area contributed by atoms with Gasteiger partial charge in [0.05, 0.1) is 18.8 Å². The summed E-state index contributed by atoms with van der Waals surface area (Å²) in [5.41, 5.74) is 2.58. The van der Waals surface area contributed by atoms with Crippen molar-refractivity contribution in [3.8, 4) is 5.75 Å².